The van der Waals surface area contributed by atoms with Crippen molar-refractivity contribution >= 4 is 27.8 Å². The molecule has 0 saturated heterocycles. The molecule has 1 saturated carbocycles. The topological polar surface area (TPSA) is 70.7 Å². The summed E-state index contributed by atoms with van der Waals surface area (Å²) in [6.07, 6.45) is 0.837. The summed E-state index contributed by atoms with van der Waals surface area (Å²) in [6.45, 7) is 1.98. The highest BCUT2D eigenvalue weighted by Crippen LogP contribution is 2.47. The molecule has 0 spiro atoms. The van der Waals surface area contributed by atoms with Crippen LogP contribution in [-0.2, 0) is 4.79 Å². The van der Waals surface area contributed by atoms with Crippen LogP contribution < -0.4 is 5.32 Å². The third-order valence-electron chi connectivity index (χ3n) is 5.31. The second kappa shape index (κ2) is 6.20. The van der Waals surface area contributed by atoms with Crippen molar-refractivity contribution in [2.45, 2.75) is 25.3 Å². The Morgan fingerprint density at radius 3 is 2.67 bits per heavy atom. The van der Waals surface area contributed by atoms with Gasteiger partial charge in [-0.3, -0.25) is 9.78 Å². The summed E-state index contributed by atoms with van der Waals surface area (Å²) in [5.41, 5.74) is 3.80. The van der Waals surface area contributed by atoms with Gasteiger partial charge in [0.05, 0.1) is 28.3 Å². The molecule has 3 atom stereocenters. The first-order chi connectivity index (χ1) is 13.2. The van der Waals surface area contributed by atoms with Crippen LogP contribution in [0.1, 0.15) is 36.8 Å². The SMILES string of the molecule is C[C@@H](NC(=O)C1C[C@@H]1c1nc2ccccc2[nH]1)c1ccc2ccccc2n1. The molecule has 1 unspecified atom stereocenters. The molecular formula is C22H20N4O. The van der Waals surface area contributed by atoms with E-state index in [4.69, 9.17) is 0 Å². The van der Waals surface area contributed by atoms with Gasteiger partial charge in [0.15, 0.2) is 0 Å². The maximum atomic E-state index is 12.7. The Morgan fingerprint density at radius 1 is 1.04 bits per heavy atom. The first kappa shape index (κ1) is 16.0. The molecule has 2 N–H and O–H groups in total. The molecule has 2 aromatic heterocycles. The first-order valence-corrected chi connectivity index (χ1v) is 9.30. The van der Waals surface area contributed by atoms with Crippen LogP contribution in [0.3, 0.4) is 0 Å². The number of aromatic nitrogens is 3. The zero-order valence-electron chi connectivity index (χ0n) is 15.0. The van der Waals surface area contributed by atoms with E-state index in [-0.39, 0.29) is 23.8 Å². The lowest BCUT2D eigenvalue weighted by molar-refractivity contribution is -0.123. The van der Waals surface area contributed by atoms with Gasteiger partial charge in [0, 0.05) is 17.2 Å². The van der Waals surface area contributed by atoms with Gasteiger partial charge in [0.2, 0.25) is 5.91 Å². The van der Waals surface area contributed by atoms with Gasteiger partial charge in [0.1, 0.15) is 5.82 Å². The molecule has 0 radical (unpaired) electrons. The fraction of sp³-hybridized carbons (Fsp3) is 0.227. The number of imidazole rings is 1. The highest BCUT2D eigenvalue weighted by Gasteiger charge is 2.46. The van der Waals surface area contributed by atoms with Crippen molar-refractivity contribution < 1.29 is 4.79 Å². The van der Waals surface area contributed by atoms with Gasteiger partial charge in [-0.1, -0.05) is 36.4 Å². The Morgan fingerprint density at radius 2 is 1.81 bits per heavy atom. The molecule has 5 rings (SSSR count). The summed E-state index contributed by atoms with van der Waals surface area (Å²) in [5, 5.41) is 4.22. The van der Waals surface area contributed by atoms with Crippen LogP contribution in [-0.4, -0.2) is 20.9 Å². The fourth-order valence-corrected chi connectivity index (χ4v) is 3.65. The average molecular weight is 356 g/mol. The fourth-order valence-electron chi connectivity index (χ4n) is 3.65. The highest BCUT2D eigenvalue weighted by molar-refractivity contribution is 5.84. The van der Waals surface area contributed by atoms with Gasteiger partial charge >= 0.3 is 0 Å². The maximum absolute atomic E-state index is 12.7. The molecule has 1 fully saturated rings. The predicted octanol–water partition coefficient (Wildman–Crippen LogP) is 4.09. The predicted molar refractivity (Wildman–Crippen MR) is 105 cm³/mol. The van der Waals surface area contributed by atoms with Crippen LogP contribution in [0.25, 0.3) is 21.9 Å². The Kier molecular flexibility index (Phi) is 3.67. The molecule has 134 valence electrons. The number of pyridine rings is 1. The van der Waals surface area contributed by atoms with Crippen molar-refractivity contribution in [2.24, 2.45) is 5.92 Å². The van der Waals surface area contributed by atoms with Crippen molar-refractivity contribution in [1.29, 1.82) is 0 Å². The van der Waals surface area contributed by atoms with E-state index in [0.717, 1.165) is 39.9 Å². The van der Waals surface area contributed by atoms with Crippen molar-refractivity contribution in [3.8, 4) is 0 Å². The average Bonchev–Trinajstić information content (AvgIpc) is 3.39. The van der Waals surface area contributed by atoms with Gasteiger partial charge in [-0.05, 0) is 37.6 Å². The number of hydrogen-bond acceptors (Lipinski definition) is 3. The minimum atomic E-state index is -0.126. The van der Waals surface area contributed by atoms with E-state index in [1.807, 2.05) is 61.5 Å². The van der Waals surface area contributed by atoms with E-state index in [9.17, 15) is 4.79 Å². The molecule has 2 heterocycles. The van der Waals surface area contributed by atoms with E-state index in [1.54, 1.807) is 0 Å². The third kappa shape index (κ3) is 2.95. The van der Waals surface area contributed by atoms with Gasteiger partial charge in [-0.25, -0.2) is 4.98 Å². The second-order valence-corrected chi connectivity index (χ2v) is 7.25. The van der Waals surface area contributed by atoms with Gasteiger partial charge in [-0.2, -0.15) is 0 Å². The van der Waals surface area contributed by atoms with Gasteiger partial charge < -0.3 is 10.3 Å². The molecule has 5 heteroatoms. The number of rotatable bonds is 4. The second-order valence-electron chi connectivity index (χ2n) is 7.25. The number of benzene rings is 2. The molecule has 1 aliphatic carbocycles. The number of nitrogens with zero attached hydrogens (tertiary/aromatic N) is 2. The molecule has 1 amide bonds. The molecule has 1 aliphatic rings. The lowest BCUT2D eigenvalue weighted by Crippen LogP contribution is -2.29. The lowest BCUT2D eigenvalue weighted by Gasteiger charge is -2.14. The van der Waals surface area contributed by atoms with Crippen molar-refractivity contribution in [3.05, 3.63) is 72.2 Å². The van der Waals surface area contributed by atoms with E-state index >= 15 is 0 Å². The zero-order chi connectivity index (χ0) is 18.4. The first-order valence-electron chi connectivity index (χ1n) is 9.30. The van der Waals surface area contributed by atoms with Crippen LogP contribution >= 0.6 is 0 Å². The van der Waals surface area contributed by atoms with E-state index < -0.39 is 0 Å². The number of carbonyl (C=O) groups excluding carboxylic acids is 1. The maximum Gasteiger partial charge on any atom is 0.224 e. The van der Waals surface area contributed by atoms with Crippen molar-refractivity contribution in [2.75, 3.05) is 0 Å². The molecule has 5 nitrogen and oxygen atoms in total. The summed E-state index contributed by atoms with van der Waals surface area (Å²) >= 11 is 0. The Labute approximate surface area is 156 Å². The summed E-state index contributed by atoms with van der Waals surface area (Å²) in [4.78, 5) is 25.3. The van der Waals surface area contributed by atoms with E-state index in [2.05, 4.69) is 26.3 Å². The minimum absolute atomic E-state index is 0.0199. The molecular weight excluding hydrogens is 336 g/mol. The zero-order valence-corrected chi connectivity index (χ0v) is 15.0. The number of aromatic amines is 1. The number of para-hydroxylation sites is 3. The Balaban J connectivity index is 1.28. The summed E-state index contributed by atoms with van der Waals surface area (Å²) in [5.74, 6) is 1.14. The van der Waals surface area contributed by atoms with Crippen LogP contribution in [0.2, 0.25) is 0 Å². The number of nitrogens with one attached hydrogen (secondary N) is 2. The summed E-state index contributed by atoms with van der Waals surface area (Å²) in [6, 6.07) is 19.9. The largest absolute Gasteiger partial charge is 0.348 e. The van der Waals surface area contributed by atoms with Gasteiger partial charge in [0.25, 0.3) is 0 Å². The number of amides is 1. The molecule has 2 aromatic carbocycles. The monoisotopic (exact) mass is 356 g/mol. The van der Waals surface area contributed by atoms with Crippen LogP contribution in [0.15, 0.2) is 60.7 Å². The minimum Gasteiger partial charge on any atom is -0.348 e. The molecule has 4 aromatic rings. The van der Waals surface area contributed by atoms with Crippen LogP contribution in [0, 0.1) is 5.92 Å². The number of H-pyrrole nitrogens is 1. The number of fused-ring (bicyclic) bond motifs is 2. The smallest absolute Gasteiger partial charge is 0.224 e. The van der Waals surface area contributed by atoms with E-state index in [0.29, 0.717) is 0 Å². The molecule has 27 heavy (non-hydrogen) atoms. The molecule has 0 aliphatic heterocycles. The van der Waals surface area contributed by atoms with E-state index in [1.165, 1.54) is 0 Å². The normalized spacial score (nSPS) is 19.9. The van der Waals surface area contributed by atoms with Crippen molar-refractivity contribution in [3.63, 3.8) is 0 Å². The van der Waals surface area contributed by atoms with Crippen LogP contribution in [0.4, 0.5) is 0 Å². The standard InChI is InChI=1S/C22H20N4O/c1-13(17-11-10-14-6-2-3-7-18(14)24-17)23-22(27)16-12-15(16)21-25-19-8-4-5-9-20(19)26-21/h2-11,13,15-16H,12H2,1H3,(H,23,27)(H,25,26)/t13-,15+,16?/m1/s1. The Hall–Kier alpha value is -3.21. The molecule has 0 bridgehead atoms. The van der Waals surface area contributed by atoms with Crippen LogP contribution in [0.5, 0.6) is 0 Å². The number of hydrogen-bond donors (Lipinski definition) is 2. The summed E-state index contributed by atoms with van der Waals surface area (Å²) < 4.78 is 0. The highest BCUT2D eigenvalue weighted by atomic mass is 16.2. The van der Waals surface area contributed by atoms with Gasteiger partial charge in [-0.15, -0.1) is 0 Å². The lowest BCUT2D eigenvalue weighted by atomic mass is 10.1. The summed E-state index contributed by atoms with van der Waals surface area (Å²) in [7, 11) is 0. The third-order valence-corrected chi connectivity index (χ3v) is 5.31. The number of carbonyl (C=O) groups is 1. The Bertz CT molecular complexity index is 1120. The quantitative estimate of drug-likeness (QED) is 0.578. The van der Waals surface area contributed by atoms with Crippen molar-refractivity contribution in [1.82, 2.24) is 20.3 Å².